The molecule has 4 aromatic rings. The summed E-state index contributed by atoms with van der Waals surface area (Å²) in [5.74, 6) is 0.321. The summed E-state index contributed by atoms with van der Waals surface area (Å²) in [4.78, 5) is 32.6. The number of benzene rings is 3. The number of carbonyl (C=O) groups is 1. The SMILES string of the molecule is C=CCc1cc(/C=c2/sc3n(c2=O)[C@H](c2ccccc2OC(C)C)C(C(=O)OCC)=C(C)N=3)ccc1OCc1ccccc1F. The van der Waals surface area contributed by atoms with Gasteiger partial charge in [-0.05, 0) is 75.6 Å². The van der Waals surface area contributed by atoms with Gasteiger partial charge in [-0.15, -0.1) is 6.58 Å². The van der Waals surface area contributed by atoms with E-state index in [0.29, 0.717) is 49.7 Å². The third-order valence-electron chi connectivity index (χ3n) is 7.18. The Bertz CT molecular complexity index is 1960. The molecule has 232 valence electrons. The van der Waals surface area contributed by atoms with E-state index in [1.54, 1.807) is 48.8 Å². The number of nitrogens with zero attached hydrogens (tertiary/aromatic N) is 2. The van der Waals surface area contributed by atoms with E-state index in [1.807, 2.05) is 56.3 Å². The van der Waals surface area contributed by atoms with Crippen LogP contribution in [0.3, 0.4) is 0 Å². The molecule has 9 heteroatoms. The summed E-state index contributed by atoms with van der Waals surface area (Å²) in [5, 5.41) is 0. The van der Waals surface area contributed by atoms with Crippen molar-refractivity contribution in [2.24, 2.45) is 4.99 Å². The number of allylic oxidation sites excluding steroid dienone is 2. The van der Waals surface area contributed by atoms with Crippen LogP contribution in [0.15, 0.2) is 100 Å². The summed E-state index contributed by atoms with van der Waals surface area (Å²) in [7, 11) is 0. The summed E-state index contributed by atoms with van der Waals surface area (Å²) >= 11 is 1.25. The highest BCUT2D eigenvalue weighted by molar-refractivity contribution is 7.07. The number of halogens is 1. The smallest absolute Gasteiger partial charge is 0.338 e. The molecule has 0 bridgehead atoms. The lowest BCUT2D eigenvalue weighted by molar-refractivity contribution is -0.139. The highest BCUT2D eigenvalue weighted by Crippen LogP contribution is 2.36. The first-order chi connectivity index (χ1) is 21.7. The van der Waals surface area contributed by atoms with Gasteiger partial charge in [0.2, 0.25) is 0 Å². The van der Waals surface area contributed by atoms with Gasteiger partial charge >= 0.3 is 5.97 Å². The topological polar surface area (TPSA) is 79.1 Å². The Balaban J connectivity index is 1.59. The molecule has 45 heavy (non-hydrogen) atoms. The molecule has 0 radical (unpaired) electrons. The van der Waals surface area contributed by atoms with E-state index in [-0.39, 0.29) is 30.7 Å². The summed E-state index contributed by atoms with van der Waals surface area (Å²) in [6, 6.07) is 18.7. The second-order valence-corrected chi connectivity index (χ2v) is 11.8. The van der Waals surface area contributed by atoms with Crippen LogP contribution in [0.2, 0.25) is 0 Å². The molecule has 0 fully saturated rings. The molecule has 1 aromatic heterocycles. The summed E-state index contributed by atoms with van der Waals surface area (Å²) in [6.07, 6.45) is 3.96. The molecule has 1 atom stereocenters. The van der Waals surface area contributed by atoms with Crippen LogP contribution in [-0.2, 0) is 22.6 Å². The maximum Gasteiger partial charge on any atom is 0.338 e. The molecule has 3 aromatic carbocycles. The van der Waals surface area contributed by atoms with Crippen LogP contribution < -0.4 is 24.4 Å². The third-order valence-corrected chi connectivity index (χ3v) is 8.16. The minimum atomic E-state index is -0.789. The molecular formula is C36H35FN2O5S. The van der Waals surface area contributed by atoms with Crippen molar-refractivity contribution in [1.29, 1.82) is 0 Å². The number of ether oxygens (including phenoxy) is 3. The molecule has 0 amide bonds. The number of thiazole rings is 1. The van der Waals surface area contributed by atoms with Gasteiger partial charge < -0.3 is 14.2 Å². The quantitative estimate of drug-likeness (QED) is 0.150. The molecule has 1 aliphatic rings. The zero-order valence-electron chi connectivity index (χ0n) is 25.7. The molecule has 0 unspecified atom stereocenters. The number of hydrogen-bond acceptors (Lipinski definition) is 7. The molecule has 7 nitrogen and oxygen atoms in total. The molecule has 0 spiro atoms. The van der Waals surface area contributed by atoms with Crippen LogP contribution in [0, 0.1) is 5.82 Å². The standard InChI is InChI=1S/C36H35FN2O5S/c1-6-12-25-19-24(17-18-29(25)43-21-26-13-8-10-15-28(26)37)20-31-34(40)39-33(27-14-9-11-16-30(27)44-22(3)4)32(35(41)42-7-2)23(5)38-36(39)45-31/h6,8-11,13-20,22,33H,1,7,12,21H2,2-5H3/b31-20+/t33-/m1/s1. The van der Waals surface area contributed by atoms with Crippen molar-refractivity contribution < 1.29 is 23.4 Å². The Morgan fingerprint density at radius 2 is 1.84 bits per heavy atom. The first kappa shape index (κ1) is 31.7. The van der Waals surface area contributed by atoms with Crippen LogP contribution in [0.1, 0.15) is 56.0 Å². The number of carbonyl (C=O) groups excluding carboxylic acids is 1. The van der Waals surface area contributed by atoms with Crippen molar-refractivity contribution in [1.82, 2.24) is 4.57 Å². The number of esters is 1. The Labute approximate surface area is 265 Å². The second-order valence-electron chi connectivity index (χ2n) is 10.7. The summed E-state index contributed by atoms with van der Waals surface area (Å²) in [6.45, 7) is 11.5. The van der Waals surface area contributed by atoms with Crippen molar-refractivity contribution in [3.8, 4) is 11.5 Å². The van der Waals surface area contributed by atoms with Crippen molar-refractivity contribution in [2.45, 2.75) is 52.9 Å². The molecule has 0 saturated heterocycles. The van der Waals surface area contributed by atoms with Gasteiger partial charge in [0, 0.05) is 11.1 Å². The van der Waals surface area contributed by atoms with Crippen LogP contribution in [0.4, 0.5) is 4.39 Å². The zero-order valence-corrected chi connectivity index (χ0v) is 26.5. The maximum absolute atomic E-state index is 14.2. The fourth-order valence-corrected chi connectivity index (χ4v) is 6.27. The van der Waals surface area contributed by atoms with Crippen LogP contribution >= 0.6 is 11.3 Å². The van der Waals surface area contributed by atoms with E-state index < -0.39 is 12.0 Å². The second kappa shape index (κ2) is 13.9. The molecule has 0 saturated carbocycles. The monoisotopic (exact) mass is 626 g/mol. The minimum Gasteiger partial charge on any atom is -0.491 e. The van der Waals surface area contributed by atoms with E-state index in [4.69, 9.17) is 14.2 Å². The zero-order chi connectivity index (χ0) is 32.1. The van der Waals surface area contributed by atoms with Gasteiger partial charge in [0.15, 0.2) is 4.80 Å². The average molecular weight is 627 g/mol. The first-order valence-electron chi connectivity index (χ1n) is 14.8. The predicted molar refractivity (Wildman–Crippen MR) is 174 cm³/mol. The van der Waals surface area contributed by atoms with Crippen molar-refractivity contribution >= 4 is 23.4 Å². The lowest BCUT2D eigenvalue weighted by Crippen LogP contribution is -2.40. The van der Waals surface area contributed by atoms with E-state index in [0.717, 1.165) is 11.1 Å². The largest absolute Gasteiger partial charge is 0.491 e. The number of para-hydroxylation sites is 1. The van der Waals surface area contributed by atoms with Crippen LogP contribution in [0.5, 0.6) is 11.5 Å². The number of fused-ring (bicyclic) bond motifs is 1. The van der Waals surface area contributed by atoms with E-state index >= 15 is 0 Å². The van der Waals surface area contributed by atoms with E-state index in [2.05, 4.69) is 11.6 Å². The molecule has 1 aliphatic heterocycles. The number of aromatic nitrogens is 1. The normalized spacial score (nSPS) is 14.6. The first-order valence-corrected chi connectivity index (χ1v) is 15.6. The highest BCUT2D eigenvalue weighted by Gasteiger charge is 2.35. The van der Waals surface area contributed by atoms with Gasteiger partial charge in [0.25, 0.3) is 5.56 Å². The molecule has 0 N–H and O–H groups in total. The fourth-order valence-electron chi connectivity index (χ4n) is 5.22. The Morgan fingerprint density at radius 3 is 2.58 bits per heavy atom. The Kier molecular flexibility index (Phi) is 9.78. The minimum absolute atomic E-state index is 0.0823. The van der Waals surface area contributed by atoms with Gasteiger partial charge in [-0.1, -0.05) is 59.9 Å². The Morgan fingerprint density at radius 1 is 1.09 bits per heavy atom. The molecule has 0 aliphatic carbocycles. The van der Waals surface area contributed by atoms with Crippen molar-refractivity contribution in [2.75, 3.05) is 6.61 Å². The van der Waals surface area contributed by atoms with Crippen LogP contribution in [0.25, 0.3) is 6.08 Å². The van der Waals surface area contributed by atoms with E-state index in [9.17, 15) is 14.0 Å². The summed E-state index contributed by atoms with van der Waals surface area (Å²) < 4.78 is 33.7. The molecule has 2 heterocycles. The maximum atomic E-state index is 14.2. The van der Waals surface area contributed by atoms with Crippen molar-refractivity contribution in [3.05, 3.63) is 138 Å². The lowest BCUT2D eigenvalue weighted by atomic mass is 9.95. The van der Waals surface area contributed by atoms with Gasteiger partial charge in [-0.3, -0.25) is 9.36 Å². The molecular weight excluding hydrogens is 591 g/mol. The van der Waals surface area contributed by atoms with Gasteiger partial charge in [0.05, 0.1) is 28.5 Å². The van der Waals surface area contributed by atoms with Crippen LogP contribution in [-0.4, -0.2) is 23.2 Å². The van der Waals surface area contributed by atoms with Gasteiger partial charge in [0.1, 0.15) is 30.0 Å². The lowest BCUT2D eigenvalue weighted by Gasteiger charge is -2.26. The number of hydrogen-bond donors (Lipinski definition) is 0. The van der Waals surface area contributed by atoms with E-state index in [1.165, 1.54) is 17.4 Å². The van der Waals surface area contributed by atoms with Gasteiger partial charge in [-0.2, -0.15) is 0 Å². The van der Waals surface area contributed by atoms with Crippen molar-refractivity contribution in [3.63, 3.8) is 0 Å². The van der Waals surface area contributed by atoms with Gasteiger partial charge in [-0.25, -0.2) is 14.2 Å². The highest BCUT2D eigenvalue weighted by atomic mass is 32.1. The Hall–Kier alpha value is -4.76. The third kappa shape index (κ3) is 6.83. The fraction of sp³-hybridized carbons (Fsp3) is 0.250. The molecule has 5 rings (SSSR count). The average Bonchev–Trinajstić information content (AvgIpc) is 3.31. The predicted octanol–water partition coefficient (Wildman–Crippen LogP) is 6.03. The summed E-state index contributed by atoms with van der Waals surface area (Å²) in [5.41, 5.74) is 3.23. The number of rotatable bonds is 11.